The molecule has 0 saturated heterocycles. The Balaban J connectivity index is 2.44. The number of benzene rings is 1. The zero-order chi connectivity index (χ0) is 11.1. The SMILES string of the molecule is Cc1cccc(C2=NC(C)(C)CO2)c1C. The molecule has 0 spiro atoms. The van der Waals surface area contributed by atoms with E-state index in [0.717, 1.165) is 11.5 Å². The van der Waals surface area contributed by atoms with E-state index in [1.807, 2.05) is 0 Å². The van der Waals surface area contributed by atoms with Crippen LogP contribution in [0.15, 0.2) is 23.2 Å². The molecule has 1 heterocycles. The maximum Gasteiger partial charge on any atom is 0.217 e. The molecule has 0 fully saturated rings. The molecule has 0 saturated carbocycles. The lowest BCUT2D eigenvalue weighted by Gasteiger charge is -2.07. The number of nitrogens with zero attached hydrogens (tertiary/aromatic N) is 1. The summed E-state index contributed by atoms with van der Waals surface area (Å²) in [5.41, 5.74) is 3.59. The van der Waals surface area contributed by atoms with Crippen molar-refractivity contribution in [1.29, 1.82) is 0 Å². The number of aryl methyl sites for hydroxylation is 1. The highest BCUT2D eigenvalue weighted by Gasteiger charge is 2.27. The molecule has 0 aliphatic carbocycles. The van der Waals surface area contributed by atoms with Crippen molar-refractivity contribution in [3.8, 4) is 0 Å². The van der Waals surface area contributed by atoms with Crippen LogP contribution in [-0.4, -0.2) is 18.0 Å². The first kappa shape index (κ1) is 10.2. The summed E-state index contributed by atoms with van der Waals surface area (Å²) in [6.07, 6.45) is 0. The molecule has 0 N–H and O–H groups in total. The van der Waals surface area contributed by atoms with Gasteiger partial charge in [0, 0.05) is 5.56 Å². The molecule has 80 valence electrons. The largest absolute Gasteiger partial charge is 0.475 e. The Morgan fingerprint density at radius 1 is 1.27 bits per heavy atom. The molecule has 1 aliphatic heterocycles. The van der Waals surface area contributed by atoms with E-state index in [1.165, 1.54) is 11.1 Å². The Bertz CT molecular complexity index is 419. The fourth-order valence-electron chi connectivity index (χ4n) is 1.71. The topological polar surface area (TPSA) is 21.6 Å². The van der Waals surface area contributed by atoms with Crippen LogP contribution in [0.3, 0.4) is 0 Å². The zero-order valence-corrected chi connectivity index (χ0v) is 9.79. The predicted molar refractivity (Wildman–Crippen MR) is 62.5 cm³/mol. The fourth-order valence-corrected chi connectivity index (χ4v) is 1.71. The van der Waals surface area contributed by atoms with E-state index in [9.17, 15) is 0 Å². The van der Waals surface area contributed by atoms with Crippen LogP contribution in [0.5, 0.6) is 0 Å². The van der Waals surface area contributed by atoms with Crippen molar-refractivity contribution in [2.75, 3.05) is 6.61 Å². The van der Waals surface area contributed by atoms with Crippen LogP contribution >= 0.6 is 0 Å². The molecule has 0 radical (unpaired) electrons. The van der Waals surface area contributed by atoms with Crippen molar-refractivity contribution in [2.24, 2.45) is 4.99 Å². The summed E-state index contributed by atoms with van der Waals surface area (Å²) < 4.78 is 5.64. The molecule has 1 aliphatic rings. The van der Waals surface area contributed by atoms with Crippen molar-refractivity contribution in [3.05, 3.63) is 34.9 Å². The van der Waals surface area contributed by atoms with Crippen LogP contribution in [0.4, 0.5) is 0 Å². The Morgan fingerprint density at radius 3 is 2.60 bits per heavy atom. The minimum absolute atomic E-state index is 0.0779. The first-order valence-electron chi connectivity index (χ1n) is 5.29. The summed E-state index contributed by atoms with van der Waals surface area (Å²) in [7, 11) is 0. The van der Waals surface area contributed by atoms with Crippen molar-refractivity contribution in [3.63, 3.8) is 0 Å². The average molecular weight is 203 g/mol. The van der Waals surface area contributed by atoms with Gasteiger partial charge in [-0.1, -0.05) is 12.1 Å². The van der Waals surface area contributed by atoms with Crippen molar-refractivity contribution < 1.29 is 4.74 Å². The summed E-state index contributed by atoms with van der Waals surface area (Å²) in [5.74, 6) is 0.793. The third-order valence-corrected chi connectivity index (χ3v) is 2.80. The minimum Gasteiger partial charge on any atom is -0.475 e. The van der Waals surface area contributed by atoms with Gasteiger partial charge in [-0.2, -0.15) is 0 Å². The molecule has 0 aromatic heterocycles. The monoisotopic (exact) mass is 203 g/mol. The second-order valence-electron chi connectivity index (χ2n) is 4.77. The highest BCUT2D eigenvalue weighted by atomic mass is 16.5. The molecular weight excluding hydrogens is 186 g/mol. The summed E-state index contributed by atoms with van der Waals surface area (Å²) >= 11 is 0. The van der Waals surface area contributed by atoms with Gasteiger partial charge in [0.1, 0.15) is 6.61 Å². The first-order chi connectivity index (χ1) is 6.99. The van der Waals surface area contributed by atoms with Crippen LogP contribution in [0.2, 0.25) is 0 Å². The summed E-state index contributed by atoms with van der Waals surface area (Å²) in [5, 5.41) is 0. The molecule has 0 bridgehead atoms. The molecule has 2 heteroatoms. The van der Waals surface area contributed by atoms with E-state index in [4.69, 9.17) is 4.74 Å². The van der Waals surface area contributed by atoms with Gasteiger partial charge in [0.25, 0.3) is 0 Å². The molecule has 1 aromatic rings. The Morgan fingerprint density at radius 2 is 2.00 bits per heavy atom. The number of hydrogen-bond acceptors (Lipinski definition) is 2. The molecule has 0 amide bonds. The van der Waals surface area contributed by atoms with Crippen LogP contribution in [0.1, 0.15) is 30.5 Å². The van der Waals surface area contributed by atoms with E-state index in [-0.39, 0.29) is 5.54 Å². The molecule has 2 nitrogen and oxygen atoms in total. The lowest BCUT2D eigenvalue weighted by Crippen LogP contribution is -2.17. The Kier molecular flexibility index (Phi) is 2.29. The molecule has 0 unspecified atom stereocenters. The molecule has 1 aromatic carbocycles. The highest BCUT2D eigenvalue weighted by molar-refractivity contribution is 5.97. The van der Waals surface area contributed by atoms with E-state index in [1.54, 1.807) is 0 Å². The Labute approximate surface area is 91.0 Å². The van der Waals surface area contributed by atoms with E-state index in [0.29, 0.717) is 6.61 Å². The quantitative estimate of drug-likeness (QED) is 0.687. The fraction of sp³-hybridized carbons (Fsp3) is 0.462. The summed E-state index contributed by atoms with van der Waals surface area (Å²) in [4.78, 5) is 4.59. The maximum atomic E-state index is 5.64. The third-order valence-electron chi connectivity index (χ3n) is 2.80. The standard InChI is InChI=1S/C13H17NO/c1-9-6-5-7-11(10(9)2)12-14-13(3,4)8-15-12/h5-7H,8H2,1-4H3. The minimum atomic E-state index is -0.0779. The summed E-state index contributed by atoms with van der Waals surface area (Å²) in [6.45, 7) is 9.08. The lowest BCUT2D eigenvalue weighted by molar-refractivity contribution is 0.279. The number of hydrogen-bond donors (Lipinski definition) is 0. The normalized spacial score (nSPS) is 18.5. The van der Waals surface area contributed by atoms with Crippen LogP contribution in [-0.2, 0) is 4.74 Å². The Hall–Kier alpha value is -1.31. The lowest BCUT2D eigenvalue weighted by atomic mass is 10.0. The number of rotatable bonds is 1. The van der Waals surface area contributed by atoms with Gasteiger partial charge < -0.3 is 4.74 Å². The number of ether oxygens (including phenoxy) is 1. The van der Waals surface area contributed by atoms with Gasteiger partial charge in [0.2, 0.25) is 5.90 Å². The van der Waals surface area contributed by atoms with E-state index >= 15 is 0 Å². The second-order valence-corrected chi connectivity index (χ2v) is 4.77. The van der Waals surface area contributed by atoms with Crippen molar-refractivity contribution in [1.82, 2.24) is 0 Å². The van der Waals surface area contributed by atoms with Crippen molar-refractivity contribution >= 4 is 5.90 Å². The zero-order valence-electron chi connectivity index (χ0n) is 9.79. The van der Waals surface area contributed by atoms with Gasteiger partial charge in [-0.15, -0.1) is 0 Å². The number of aliphatic imine (C=N–C) groups is 1. The van der Waals surface area contributed by atoms with Crippen LogP contribution in [0.25, 0.3) is 0 Å². The highest BCUT2D eigenvalue weighted by Crippen LogP contribution is 2.23. The molecule has 0 atom stereocenters. The molecule has 2 rings (SSSR count). The van der Waals surface area contributed by atoms with Gasteiger partial charge in [-0.3, -0.25) is 0 Å². The van der Waals surface area contributed by atoms with Gasteiger partial charge in [0.15, 0.2) is 0 Å². The summed E-state index contributed by atoms with van der Waals surface area (Å²) in [6, 6.07) is 6.23. The van der Waals surface area contributed by atoms with Gasteiger partial charge in [0.05, 0.1) is 5.54 Å². The van der Waals surface area contributed by atoms with Crippen molar-refractivity contribution in [2.45, 2.75) is 33.2 Å². The molecule has 15 heavy (non-hydrogen) atoms. The van der Waals surface area contributed by atoms with E-state index in [2.05, 4.69) is 50.9 Å². The third kappa shape index (κ3) is 1.89. The average Bonchev–Trinajstić information content (AvgIpc) is 2.51. The van der Waals surface area contributed by atoms with Gasteiger partial charge in [-0.05, 0) is 44.9 Å². The predicted octanol–water partition coefficient (Wildman–Crippen LogP) is 2.86. The van der Waals surface area contributed by atoms with Crippen LogP contribution in [0, 0.1) is 13.8 Å². The smallest absolute Gasteiger partial charge is 0.217 e. The van der Waals surface area contributed by atoms with Crippen LogP contribution < -0.4 is 0 Å². The van der Waals surface area contributed by atoms with Gasteiger partial charge >= 0.3 is 0 Å². The molecular formula is C13H17NO. The van der Waals surface area contributed by atoms with E-state index < -0.39 is 0 Å². The van der Waals surface area contributed by atoms with Gasteiger partial charge in [-0.25, -0.2) is 4.99 Å². The second kappa shape index (κ2) is 3.37. The maximum absolute atomic E-state index is 5.64. The first-order valence-corrected chi connectivity index (χ1v) is 5.29.